The molecule has 0 radical (unpaired) electrons. The van der Waals surface area contributed by atoms with Gasteiger partial charge < -0.3 is 15.0 Å². The van der Waals surface area contributed by atoms with Crippen molar-refractivity contribution in [2.45, 2.75) is 32.0 Å². The number of nitrogens with one attached hydrogen (secondary N) is 2. The molecule has 0 saturated heterocycles. The van der Waals surface area contributed by atoms with Gasteiger partial charge in [0.05, 0.1) is 17.8 Å². The van der Waals surface area contributed by atoms with E-state index >= 15 is 0 Å². The van der Waals surface area contributed by atoms with E-state index in [2.05, 4.69) is 25.5 Å². The Labute approximate surface area is 192 Å². The highest BCUT2D eigenvalue weighted by atomic mass is 16.6. The third kappa shape index (κ3) is 4.49. The minimum atomic E-state index is -0.651. The third-order valence-electron chi connectivity index (χ3n) is 5.64. The number of hydrogen-bond donors (Lipinski definition) is 2. The van der Waals surface area contributed by atoms with Crippen LogP contribution in [0.3, 0.4) is 0 Å². The minimum absolute atomic E-state index is 0.0607. The number of carbonyl (C=O) groups is 1. The van der Waals surface area contributed by atoms with Gasteiger partial charge >= 0.3 is 6.09 Å². The zero-order valence-corrected chi connectivity index (χ0v) is 19.0. The van der Waals surface area contributed by atoms with Crippen molar-refractivity contribution in [2.24, 2.45) is 0 Å². The van der Waals surface area contributed by atoms with Crippen LogP contribution in [-0.4, -0.2) is 56.7 Å². The van der Waals surface area contributed by atoms with Gasteiger partial charge in [-0.1, -0.05) is 30.3 Å². The highest BCUT2D eigenvalue weighted by molar-refractivity contribution is 5.72. The average molecular weight is 447 g/mol. The number of rotatable bonds is 6. The molecule has 1 amide bonds. The van der Waals surface area contributed by atoms with Gasteiger partial charge in [-0.2, -0.15) is 10.4 Å². The Kier molecular flexibility index (Phi) is 5.98. The summed E-state index contributed by atoms with van der Waals surface area (Å²) in [5.74, 6) is 1.05. The van der Waals surface area contributed by atoms with Crippen molar-refractivity contribution in [3.63, 3.8) is 0 Å². The monoisotopic (exact) mass is 446 g/mol. The predicted molar refractivity (Wildman–Crippen MR) is 121 cm³/mol. The summed E-state index contributed by atoms with van der Waals surface area (Å²) in [6.45, 7) is 4.78. The summed E-state index contributed by atoms with van der Waals surface area (Å²) in [7, 11) is 3.89. The van der Waals surface area contributed by atoms with E-state index in [9.17, 15) is 4.79 Å². The Bertz CT molecular complexity index is 1180. The molecule has 0 aliphatic carbocycles. The molecule has 1 unspecified atom stereocenters. The molecule has 2 N–H and O–H groups in total. The smallest absolute Gasteiger partial charge is 0.411 e. The van der Waals surface area contributed by atoms with Crippen LogP contribution in [0.4, 0.5) is 16.4 Å². The van der Waals surface area contributed by atoms with Gasteiger partial charge in [0, 0.05) is 18.3 Å². The molecule has 10 nitrogen and oxygen atoms in total. The number of nitrogens with zero attached hydrogens (tertiary/aromatic N) is 6. The molecule has 3 heterocycles. The van der Waals surface area contributed by atoms with E-state index in [4.69, 9.17) is 10.00 Å². The van der Waals surface area contributed by atoms with Gasteiger partial charge in [-0.05, 0) is 39.6 Å². The molecule has 0 saturated carbocycles. The average Bonchev–Trinajstić information content (AvgIpc) is 3.31. The van der Waals surface area contributed by atoms with Crippen LogP contribution < -0.4 is 5.32 Å². The van der Waals surface area contributed by atoms with E-state index in [1.807, 2.05) is 69.2 Å². The molecular weight excluding hydrogens is 420 g/mol. The van der Waals surface area contributed by atoms with E-state index in [0.717, 1.165) is 16.8 Å². The number of hydrogen-bond acceptors (Lipinski definition) is 8. The normalized spacial score (nSPS) is 15.1. The van der Waals surface area contributed by atoms with Crippen molar-refractivity contribution in [2.75, 3.05) is 26.0 Å². The molecule has 2 aromatic heterocycles. The lowest BCUT2D eigenvalue weighted by Gasteiger charge is -2.33. The van der Waals surface area contributed by atoms with Crippen LogP contribution in [0, 0.1) is 11.3 Å². The summed E-state index contributed by atoms with van der Waals surface area (Å²) in [4.78, 5) is 25.0. The summed E-state index contributed by atoms with van der Waals surface area (Å²) in [5.41, 5.74) is 1.96. The van der Waals surface area contributed by atoms with Gasteiger partial charge in [0.2, 0.25) is 5.82 Å². The van der Waals surface area contributed by atoms with Crippen LogP contribution in [0.5, 0.6) is 0 Å². The molecule has 3 aromatic rings. The quantitative estimate of drug-likeness (QED) is 0.591. The molecule has 4 rings (SSSR count). The molecule has 1 atom stereocenters. The summed E-state index contributed by atoms with van der Waals surface area (Å²) < 4.78 is 5.99. The predicted octanol–water partition coefficient (Wildman–Crippen LogP) is 3.31. The summed E-state index contributed by atoms with van der Waals surface area (Å²) >= 11 is 0. The Morgan fingerprint density at radius 1 is 1.33 bits per heavy atom. The number of ether oxygens (including phenoxy) is 1. The summed E-state index contributed by atoms with van der Waals surface area (Å²) in [6.07, 6.45) is 0.702. The van der Waals surface area contributed by atoms with Crippen LogP contribution >= 0.6 is 0 Å². The second-order valence-corrected chi connectivity index (χ2v) is 8.62. The van der Waals surface area contributed by atoms with Crippen molar-refractivity contribution in [1.29, 1.82) is 5.26 Å². The lowest BCUT2D eigenvalue weighted by Crippen LogP contribution is -2.42. The summed E-state index contributed by atoms with van der Waals surface area (Å²) in [6, 6.07) is 13.3. The first-order chi connectivity index (χ1) is 15.8. The number of amides is 1. The third-order valence-corrected chi connectivity index (χ3v) is 5.64. The van der Waals surface area contributed by atoms with Crippen molar-refractivity contribution >= 4 is 17.7 Å². The molecule has 0 spiro atoms. The van der Waals surface area contributed by atoms with Gasteiger partial charge in [0.15, 0.2) is 5.82 Å². The fraction of sp³-hybridized carbons (Fsp3) is 0.348. The van der Waals surface area contributed by atoms with Crippen molar-refractivity contribution in [1.82, 2.24) is 30.0 Å². The van der Waals surface area contributed by atoms with Crippen LogP contribution in [0.1, 0.15) is 42.6 Å². The first kappa shape index (κ1) is 22.2. The molecule has 1 aromatic carbocycles. The largest absolute Gasteiger partial charge is 0.440 e. The van der Waals surface area contributed by atoms with Crippen LogP contribution in [0.2, 0.25) is 0 Å². The molecule has 10 heteroatoms. The number of nitriles is 1. The molecule has 33 heavy (non-hydrogen) atoms. The first-order valence-corrected chi connectivity index (χ1v) is 10.6. The molecule has 1 aliphatic heterocycles. The second kappa shape index (κ2) is 8.88. The number of anilines is 2. The summed E-state index contributed by atoms with van der Waals surface area (Å²) in [5, 5.41) is 19.6. The van der Waals surface area contributed by atoms with Crippen molar-refractivity contribution in [3.8, 4) is 6.07 Å². The lowest BCUT2D eigenvalue weighted by molar-refractivity contribution is 0.0259. The Hall–Kier alpha value is -3.97. The van der Waals surface area contributed by atoms with E-state index < -0.39 is 17.7 Å². The number of likely N-dealkylation sites (N-methyl/N-ethyl adjacent to an activating group) is 1. The van der Waals surface area contributed by atoms with Gasteiger partial charge in [0.1, 0.15) is 18.0 Å². The van der Waals surface area contributed by atoms with E-state index in [1.54, 1.807) is 11.0 Å². The maximum Gasteiger partial charge on any atom is 0.411 e. The standard InChI is InChI=1S/C23H26N8O2/c1-23(2)20-16(21(29-28-20)27-18-10-11-25-19(12-24)26-18)13-31(23)22(32)33-17(14-30(3)4)15-8-6-5-7-9-15/h5-11,17H,13-14H2,1-4H3,(H2,25,26,27,28,29). The molecular formula is C23H26N8O2. The van der Waals surface area contributed by atoms with Crippen LogP contribution in [0.15, 0.2) is 42.6 Å². The number of carbonyl (C=O) groups excluding carboxylic acids is 1. The molecule has 0 bridgehead atoms. The topological polar surface area (TPSA) is 123 Å². The van der Waals surface area contributed by atoms with Gasteiger partial charge in [-0.3, -0.25) is 10.00 Å². The maximum atomic E-state index is 13.3. The number of aromatic amines is 1. The lowest BCUT2D eigenvalue weighted by atomic mass is 10.0. The van der Waals surface area contributed by atoms with Gasteiger partial charge in [0.25, 0.3) is 0 Å². The molecule has 1 aliphatic rings. The zero-order valence-electron chi connectivity index (χ0n) is 19.0. The van der Waals surface area contributed by atoms with Gasteiger partial charge in [-0.25, -0.2) is 14.8 Å². The maximum absolute atomic E-state index is 13.3. The number of fused-ring (bicyclic) bond motifs is 1. The minimum Gasteiger partial charge on any atom is -0.440 e. The fourth-order valence-electron chi connectivity index (χ4n) is 3.91. The van der Waals surface area contributed by atoms with Crippen molar-refractivity contribution < 1.29 is 9.53 Å². The van der Waals surface area contributed by atoms with E-state index in [0.29, 0.717) is 24.7 Å². The molecule has 170 valence electrons. The fourth-order valence-corrected chi connectivity index (χ4v) is 3.91. The Balaban J connectivity index is 1.55. The number of H-pyrrole nitrogens is 1. The zero-order chi connectivity index (χ0) is 23.6. The Morgan fingerprint density at radius 2 is 2.09 bits per heavy atom. The van der Waals surface area contributed by atoms with Gasteiger partial charge in [-0.15, -0.1) is 0 Å². The van der Waals surface area contributed by atoms with Crippen LogP contribution in [0.25, 0.3) is 0 Å². The highest BCUT2D eigenvalue weighted by Gasteiger charge is 2.45. The first-order valence-electron chi connectivity index (χ1n) is 10.6. The highest BCUT2D eigenvalue weighted by Crippen LogP contribution is 2.41. The number of aromatic nitrogens is 4. The SMILES string of the molecule is CN(C)CC(OC(=O)N1Cc2c(Nc3ccnc(C#N)n3)n[nH]c2C1(C)C)c1ccccc1. The Morgan fingerprint density at radius 3 is 2.79 bits per heavy atom. The van der Waals surface area contributed by atoms with Crippen LogP contribution in [-0.2, 0) is 16.8 Å². The molecule has 0 fully saturated rings. The number of benzene rings is 1. The van der Waals surface area contributed by atoms with E-state index in [1.165, 1.54) is 6.20 Å². The van der Waals surface area contributed by atoms with E-state index in [-0.39, 0.29) is 5.82 Å². The second-order valence-electron chi connectivity index (χ2n) is 8.62. The van der Waals surface area contributed by atoms with Crippen molar-refractivity contribution in [3.05, 3.63) is 65.2 Å².